The predicted molar refractivity (Wildman–Crippen MR) is 329 cm³/mol. The first-order chi connectivity index (χ1) is 44.2. The van der Waals surface area contributed by atoms with Crippen LogP contribution in [-0.4, -0.2) is 102 Å². The van der Waals surface area contributed by atoms with E-state index in [1.165, 1.54) is 37.4 Å². The predicted octanol–water partition coefficient (Wildman–Crippen LogP) is 10.3. The molecule has 4 heterocycles. The number of carbonyl (C=O) groups excluding carboxylic acids is 3. The van der Waals surface area contributed by atoms with Gasteiger partial charge in [-0.15, -0.1) is 30.6 Å². The maximum absolute atomic E-state index is 13.6. The molecule has 474 valence electrons. The summed E-state index contributed by atoms with van der Waals surface area (Å²) in [5.41, 5.74) is -1.96. The molecular weight excluding hydrogens is 1330 g/mol. The summed E-state index contributed by atoms with van der Waals surface area (Å²) in [6.07, 6.45) is 0. The first kappa shape index (κ1) is 73.0. The van der Waals surface area contributed by atoms with Gasteiger partial charge in [0, 0.05) is 21.5 Å². The van der Waals surface area contributed by atoms with Crippen LogP contribution in [0, 0.1) is 23.3 Å². The Morgan fingerprint density at radius 3 is 1.06 bits per heavy atom. The van der Waals surface area contributed by atoms with E-state index in [0.717, 1.165) is 67.5 Å². The molecule has 12 aromatic rings. The third kappa shape index (κ3) is 18.2. The Labute approximate surface area is 583 Å². The van der Waals surface area contributed by atoms with Crippen molar-refractivity contribution < 1.29 is 132 Å². The smallest absolute Gasteiger partial charge is 0.870 e. The van der Waals surface area contributed by atoms with Crippen molar-refractivity contribution in [2.75, 3.05) is 21.3 Å². The average molecular weight is 1370 g/mol. The van der Waals surface area contributed by atoms with E-state index in [1.807, 2.05) is 30.3 Å². The fourth-order valence-corrected chi connectivity index (χ4v) is 8.62. The van der Waals surface area contributed by atoms with Gasteiger partial charge in [0.05, 0.1) is 65.1 Å². The standard InChI is InChI=1S/C16H10ClFN2O3.C16H11FN2O4.C15H9FN2O4.C8H4Cl2N2.C8H7FO3.K.H2O/c1-22-16(21)12-8-9(6-7-13(12)18)23-15-11-5-3-2-4-10(11)14(17)19-20-15;1-22-16(21)12-8-9(6-7-13(12)17)23-15-11-5-3-2-4-10(11)14(20)18-19-15;16-12-6-5-8(7-11(12)15(20)21)22-14-10-4-2-1-3-9(10)13(19)17-18-14;9-7-5-3-1-2-4-6(5)8(10)12-11-7;1-12-8(11)6-4-5(10)2-3-7(6)9;;/h2-8H,1H3;2-8H,1H3,(H,18,20);1-7H,(H,17,19)(H,20,21);1-4H;2-4,10H,1H3;;1H2/q;;;;;+1;/p-1. The number of phenolic OH excluding ortho intramolecular Hbond substituents is 1. The van der Waals surface area contributed by atoms with Gasteiger partial charge in [-0.3, -0.25) is 9.59 Å². The second kappa shape index (κ2) is 34.1. The largest absolute Gasteiger partial charge is 1.00 e. The Morgan fingerprint density at radius 1 is 0.404 bits per heavy atom. The zero-order valence-corrected chi connectivity index (χ0v) is 54.1. The summed E-state index contributed by atoms with van der Waals surface area (Å²) in [6.45, 7) is 0. The molecule has 0 saturated heterocycles. The van der Waals surface area contributed by atoms with E-state index >= 15 is 0 Å². The van der Waals surface area contributed by atoms with Gasteiger partial charge in [0.2, 0.25) is 17.6 Å². The number of benzene rings is 8. The maximum atomic E-state index is 13.6. The number of ether oxygens (including phenoxy) is 6. The van der Waals surface area contributed by atoms with Crippen LogP contribution >= 0.6 is 34.8 Å². The van der Waals surface area contributed by atoms with Gasteiger partial charge in [0.15, 0.2) is 15.5 Å². The van der Waals surface area contributed by atoms with Gasteiger partial charge in [0.1, 0.15) is 46.3 Å². The second-order valence-electron chi connectivity index (χ2n) is 18.2. The molecule has 0 aliphatic carbocycles. The van der Waals surface area contributed by atoms with E-state index < -0.39 is 52.7 Å². The fraction of sp³-hybridized carbons (Fsp3) is 0.0476. The third-order valence-corrected chi connectivity index (χ3v) is 13.2. The van der Waals surface area contributed by atoms with Gasteiger partial charge in [-0.1, -0.05) is 102 Å². The van der Waals surface area contributed by atoms with Gasteiger partial charge in [0.25, 0.3) is 11.1 Å². The van der Waals surface area contributed by atoms with Crippen LogP contribution in [0.2, 0.25) is 15.5 Å². The molecule has 0 unspecified atom stereocenters. The van der Waals surface area contributed by atoms with E-state index in [-0.39, 0.29) is 130 Å². The minimum Gasteiger partial charge on any atom is -0.870 e. The molecule has 0 fully saturated rings. The molecule has 4 aromatic heterocycles. The van der Waals surface area contributed by atoms with Gasteiger partial charge >= 0.3 is 75.3 Å². The van der Waals surface area contributed by atoms with Gasteiger partial charge in [-0.25, -0.2) is 46.9 Å². The summed E-state index contributed by atoms with van der Waals surface area (Å²) < 4.78 is 83.5. The second-order valence-corrected chi connectivity index (χ2v) is 19.2. The Bertz CT molecular complexity index is 4870. The van der Waals surface area contributed by atoms with Crippen molar-refractivity contribution in [3.63, 3.8) is 0 Å². The average Bonchev–Trinajstić information content (AvgIpc) is 0.838. The molecule has 0 atom stereocenters. The minimum atomic E-state index is -1.40. The molecule has 0 radical (unpaired) electrons. The number of rotatable bonds is 10. The number of aromatic hydroxyl groups is 1. The van der Waals surface area contributed by atoms with Gasteiger partial charge < -0.3 is 44.1 Å². The SMILES string of the molecule is COC(=O)c1cc(O)ccc1F.COC(=O)c1cc(Oc2n[nH]c(=O)c3ccccc23)ccc1F.COC(=O)c1cc(Oc2nnc(Cl)c3ccccc23)ccc1F.Clc1nnc(Cl)c2ccccc12.O=C(O)c1cc(Oc2n[nH]c(=O)c3ccccc23)ccc1F.[K+].[OH-]. The number of hydrogen-bond donors (Lipinski definition) is 4. The molecular formula is C63H42Cl3F4KN8O15. The quantitative estimate of drug-likeness (QED) is 0.0428. The van der Waals surface area contributed by atoms with Crippen molar-refractivity contribution in [1.29, 1.82) is 0 Å². The number of phenols is 1. The first-order valence-electron chi connectivity index (χ1n) is 26.0. The monoisotopic (exact) mass is 1370 g/mol. The Balaban J connectivity index is 0.000000190. The van der Waals surface area contributed by atoms with Crippen LogP contribution in [0.25, 0.3) is 43.1 Å². The molecule has 31 heteroatoms. The molecule has 0 spiro atoms. The third-order valence-electron chi connectivity index (χ3n) is 12.4. The number of nitrogens with one attached hydrogen (secondary N) is 2. The van der Waals surface area contributed by atoms with E-state index in [2.05, 4.69) is 55.0 Å². The van der Waals surface area contributed by atoms with Crippen LogP contribution in [0.5, 0.6) is 40.6 Å². The molecule has 12 rings (SSSR count). The number of carboxylic acids is 1. The summed E-state index contributed by atoms with van der Waals surface area (Å²) in [5.74, 6) is -6.00. The topological polar surface area (TPSA) is 337 Å². The molecule has 8 aromatic carbocycles. The van der Waals surface area contributed by atoms with Crippen molar-refractivity contribution >= 4 is 102 Å². The number of fused-ring (bicyclic) bond motifs is 4. The molecule has 5 N–H and O–H groups in total. The summed E-state index contributed by atoms with van der Waals surface area (Å²) >= 11 is 17.6. The Kier molecular flexibility index (Phi) is 26.5. The van der Waals surface area contributed by atoms with Crippen molar-refractivity contribution in [1.82, 2.24) is 40.8 Å². The maximum Gasteiger partial charge on any atom is 1.00 e. The Morgan fingerprint density at radius 2 is 0.691 bits per heavy atom. The normalized spacial score (nSPS) is 10.2. The number of methoxy groups -OCH3 is 3. The Hall–Kier alpha value is -10.0. The number of hydrogen-bond acceptors (Lipinski definition) is 20. The zero-order chi connectivity index (χ0) is 66.2. The van der Waals surface area contributed by atoms with Crippen LogP contribution in [0.1, 0.15) is 41.4 Å². The molecule has 94 heavy (non-hydrogen) atoms. The number of aromatic carboxylic acids is 1. The van der Waals surface area contributed by atoms with Gasteiger partial charge in [-0.2, -0.15) is 0 Å². The van der Waals surface area contributed by atoms with E-state index in [1.54, 1.807) is 66.7 Å². The van der Waals surface area contributed by atoms with Crippen LogP contribution < -0.4 is 76.7 Å². The molecule has 0 aliphatic heterocycles. The van der Waals surface area contributed by atoms with Crippen molar-refractivity contribution in [3.05, 3.63) is 252 Å². The van der Waals surface area contributed by atoms with E-state index in [9.17, 15) is 46.3 Å². The summed E-state index contributed by atoms with van der Waals surface area (Å²) in [4.78, 5) is 68.2. The molecule has 0 bridgehead atoms. The number of aromatic nitrogens is 8. The summed E-state index contributed by atoms with van der Waals surface area (Å²) in [5, 5.41) is 51.0. The zero-order valence-electron chi connectivity index (χ0n) is 48.7. The number of nitrogens with zero attached hydrogens (tertiary/aromatic N) is 6. The minimum absolute atomic E-state index is 0. The number of halogens is 7. The van der Waals surface area contributed by atoms with Crippen molar-refractivity contribution in [2.45, 2.75) is 0 Å². The van der Waals surface area contributed by atoms with E-state index in [4.69, 9.17) is 59.2 Å². The number of carbonyl (C=O) groups is 4. The number of H-pyrrole nitrogens is 2. The van der Waals surface area contributed by atoms with Crippen LogP contribution in [0.4, 0.5) is 17.6 Å². The molecule has 23 nitrogen and oxygen atoms in total. The molecule has 0 saturated carbocycles. The fourth-order valence-electron chi connectivity index (χ4n) is 8.01. The van der Waals surface area contributed by atoms with Crippen molar-refractivity contribution in [2.24, 2.45) is 0 Å². The van der Waals surface area contributed by atoms with Gasteiger partial charge in [-0.05, 0) is 103 Å². The molecule has 0 amide bonds. The van der Waals surface area contributed by atoms with Crippen LogP contribution in [0.3, 0.4) is 0 Å². The van der Waals surface area contributed by atoms with Crippen molar-refractivity contribution in [3.8, 4) is 40.6 Å². The molecule has 0 aliphatic rings. The van der Waals surface area contributed by atoms with Crippen LogP contribution in [0.15, 0.2) is 179 Å². The summed E-state index contributed by atoms with van der Waals surface area (Å²) in [6, 6.07) is 42.0. The van der Waals surface area contributed by atoms with E-state index in [0.29, 0.717) is 42.6 Å². The summed E-state index contributed by atoms with van der Waals surface area (Å²) in [7, 11) is 3.48. The van der Waals surface area contributed by atoms with Crippen LogP contribution in [-0.2, 0) is 14.2 Å². The first-order valence-corrected chi connectivity index (χ1v) is 27.1. The number of aromatic amines is 2. The number of carboxylic acid groups (broad SMARTS) is 1. The number of esters is 3.